The number of thioether (sulfide) groups is 1. The first-order valence-corrected chi connectivity index (χ1v) is 17.7. The number of hydrogen-bond acceptors (Lipinski definition) is 9. The zero-order valence-corrected chi connectivity index (χ0v) is 33.9. The van der Waals surface area contributed by atoms with E-state index in [1.54, 1.807) is 50.2 Å². The number of fused-ring (bicyclic) bond motifs is 1. The first kappa shape index (κ1) is 39.6. The zero-order valence-electron chi connectivity index (χ0n) is 26.8. The van der Waals surface area contributed by atoms with Gasteiger partial charge in [0, 0.05) is 89.4 Å². The topological polar surface area (TPSA) is 131 Å². The van der Waals surface area contributed by atoms with Crippen LogP contribution in [0.4, 0.5) is 5.69 Å². The van der Waals surface area contributed by atoms with Gasteiger partial charge in [0.25, 0.3) is 5.91 Å². The van der Waals surface area contributed by atoms with Crippen molar-refractivity contribution in [3.63, 3.8) is 0 Å². The number of benzene rings is 3. The summed E-state index contributed by atoms with van der Waals surface area (Å²) in [6, 6.07) is 19.8. The molecular weight excluding hydrogens is 879 g/mol. The maximum absolute atomic E-state index is 14.2. The van der Waals surface area contributed by atoms with Gasteiger partial charge in [-0.05, 0) is 48.6 Å². The van der Waals surface area contributed by atoms with Gasteiger partial charge in [0.1, 0.15) is 12.2 Å². The first-order chi connectivity index (χ1) is 21.9. The number of carbonyl (C=O) groups is 2. The van der Waals surface area contributed by atoms with Crippen LogP contribution in [0.2, 0.25) is 5.02 Å². The number of ether oxygens (including phenoxy) is 3. The van der Waals surface area contributed by atoms with Crippen LogP contribution in [-0.2, 0) is 24.3 Å². The van der Waals surface area contributed by atoms with Crippen molar-refractivity contribution in [2.24, 2.45) is 5.41 Å². The van der Waals surface area contributed by atoms with E-state index in [4.69, 9.17) is 25.8 Å². The molecule has 1 aliphatic heterocycles. The maximum Gasteiger partial charge on any atom is 0.256 e. The predicted octanol–water partition coefficient (Wildman–Crippen LogP) is 5.22. The Kier molecular flexibility index (Phi) is 14.9. The van der Waals surface area contributed by atoms with Gasteiger partial charge in [-0.2, -0.15) is 0 Å². The van der Waals surface area contributed by atoms with E-state index in [2.05, 4.69) is 4.72 Å². The molecule has 0 aliphatic carbocycles. The van der Waals surface area contributed by atoms with Crippen LogP contribution in [0.25, 0.3) is 0 Å². The average Bonchev–Trinajstić information content (AvgIpc) is 3.13. The number of aliphatic hydroxyl groups excluding tert-OH is 1. The number of carbonyl (C=O) groups excluding carboxylic acids is 2. The van der Waals surface area contributed by atoms with E-state index < -0.39 is 45.9 Å². The van der Waals surface area contributed by atoms with Crippen LogP contribution in [0.5, 0.6) is 11.5 Å². The second-order valence-electron chi connectivity index (χ2n) is 11.6. The SMILES string of the molecule is COc1cccc([C@H]2O[C@H](CC(=O)NS(=O)(=O)CCCSc3ccccc3)C(=O)N(CC(C)(C)CO)c3ccc(Cl)cc32)c1OC.[Ac]. The number of nitrogens with one attached hydrogen (secondary N) is 1. The minimum absolute atomic E-state index is 0. The van der Waals surface area contributed by atoms with E-state index in [-0.39, 0.29) is 63.0 Å². The average molecular weight is 918 g/mol. The van der Waals surface area contributed by atoms with Crippen LogP contribution in [-0.4, -0.2) is 70.3 Å². The Morgan fingerprint density at radius 3 is 2.45 bits per heavy atom. The quantitative estimate of drug-likeness (QED) is 0.165. The summed E-state index contributed by atoms with van der Waals surface area (Å²) in [6.45, 7) is 3.46. The number of sulfonamides is 1. The van der Waals surface area contributed by atoms with Gasteiger partial charge >= 0.3 is 0 Å². The van der Waals surface area contributed by atoms with Crippen LogP contribution in [0.15, 0.2) is 71.6 Å². The van der Waals surface area contributed by atoms with E-state index >= 15 is 0 Å². The van der Waals surface area contributed by atoms with Gasteiger partial charge in [-0.25, -0.2) is 8.42 Å². The van der Waals surface area contributed by atoms with Gasteiger partial charge in [-0.15, -0.1) is 11.8 Å². The van der Waals surface area contributed by atoms with Crippen molar-refractivity contribution in [2.45, 2.75) is 43.8 Å². The summed E-state index contributed by atoms with van der Waals surface area (Å²) in [7, 11) is -1.01. The minimum Gasteiger partial charge on any atom is -0.493 e. The number of methoxy groups -OCH3 is 2. The molecule has 0 aromatic heterocycles. The summed E-state index contributed by atoms with van der Waals surface area (Å²) in [5, 5.41) is 10.5. The summed E-state index contributed by atoms with van der Waals surface area (Å²) in [5.41, 5.74) is 0.772. The van der Waals surface area contributed by atoms with Gasteiger partial charge in [-0.3, -0.25) is 14.3 Å². The molecule has 2 N–H and O–H groups in total. The van der Waals surface area contributed by atoms with Crippen LogP contribution >= 0.6 is 23.4 Å². The number of amides is 2. The Bertz CT molecular complexity index is 1640. The van der Waals surface area contributed by atoms with Gasteiger partial charge in [0.2, 0.25) is 15.9 Å². The maximum atomic E-state index is 14.2. The molecule has 2 amide bonds. The molecule has 0 saturated carbocycles. The van der Waals surface area contributed by atoms with E-state index in [9.17, 15) is 23.1 Å². The molecule has 1 aliphatic rings. The Balaban J connectivity index is 0.00000600. The van der Waals surface area contributed by atoms with Crippen LogP contribution < -0.4 is 19.1 Å². The smallest absolute Gasteiger partial charge is 0.256 e. The Hall–Kier alpha value is -1.85. The van der Waals surface area contributed by atoms with Crippen LogP contribution in [0, 0.1) is 49.5 Å². The van der Waals surface area contributed by atoms with Crippen molar-refractivity contribution in [3.8, 4) is 11.5 Å². The molecule has 251 valence electrons. The van der Waals surface area contributed by atoms with Crippen molar-refractivity contribution in [3.05, 3.63) is 82.9 Å². The summed E-state index contributed by atoms with van der Waals surface area (Å²) < 4.78 is 45.4. The second kappa shape index (κ2) is 17.7. The molecular formula is C33H39AcClN2O8S2. The first-order valence-electron chi connectivity index (χ1n) is 14.7. The fraction of sp³-hybridized carbons (Fsp3) is 0.394. The van der Waals surface area contributed by atoms with E-state index in [0.29, 0.717) is 45.5 Å². The standard InChI is InChI=1S/C33H39ClN2O8S2.Ac/c1-33(2,21-37)20-36-26-15-14-22(34)18-25(26)30(24-12-8-13-27(42-3)31(24)43-4)44-28(32(36)39)19-29(38)35-46(40,41)17-9-16-45-23-10-6-5-7-11-23;/h5-8,10-15,18,28,30,37H,9,16-17,19-21H2,1-4H3,(H,35,38);/t28-,30-;/m1./s1. The molecule has 0 fully saturated rings. The van der Waals surface area contributed by atoms with Crippen molar-refractivity contribution in [1.82, 2.24) is 4.72 Å². The largest absolute Gasteiger partial charge is 0.493 e. The Labute approximate surface area is 321 Å². The fourth-order valence-corrected chi connectivity index (χ4v) is 7.39. The van der Waals surface area contributed by atoms with Gasteiger partial charge in [-0.1, -0.05) is 55.8 Å². The van der Waals surface area contributed by atoms with Gasteiger partial charge in [0.05, 0.1) is 26.4 Å². The second-order valence-corrected chi connectivity index (χ2v) is 15.0. The number of rotatable bonds is 14. The van der Waals surface area contributed by atoms with Crippen molar-refractivity contribution < 1.29 is 81.4 Å². The minimum atomic E-state index is -3.98. The van der Waals surface area contributed by atoms with Crippen molar-refractivity contribution in [2.75, 3.05) is 43.8 Å². The van der Waals surface area contributed by atoms with E-state index in [1.807, 2.05) is 30.3 Å². The molecule has 0 bridgehead atoms. The van der Waals surface area contributed by atoms with E-state index in [0.717, 1.165) is 4.90 Å². The normalized spacial score (nSPS) is 16.5. The predicted molar refractivity (Wildman–Crippen MR) is 179 cm³/mol. The van der Waals surface area contributed by atoms with Gasteiger partial charge < -0.3 is 24.2 Å². The summed E-state index contributed by atoms with van der Waals surface area (Å²) >= 11 is 7.97. The molecule has 10 nitrogen and oxygen atoms in total. The molecule has 1 heterocycles. The summed E-state index contributed by atoms with van der Waals surface area (Å²) in [6.07, 6.45) is -2.62. The zero-order chi connectivity index (χ0) is 33.5. The van der Waals surface area contributed by atoms with Crippen LogP contribution in [0.1, 0.15) is 43.9 Å². The van der Waals surface area contributed by atoms with Crippen molar-refractivity contribution >= 4 is 50.9 Å². The number of halogens is 1. The fourth-order valence-electron chi connectivity index (χ4n) is 5.10. The monoisotopic (exact) mass is 917 g/mol. The molecule has 0 saturated heterocycles. The Morgan fingerprint density at radius 1 is 1.06 bits per heavy atom. The number of hydrogen-bond donors (Lipinski definition) is 2. The third kappa shape index (κ3) is 10.6. The third-order valence-corrected chi connectivity index (χ3v) is 10.0. The molecule has 3 aromatic carbocycles. The number of aliphatic hydroxyl groups is 1. The molecule has 4 rings (SSSR count). The summed E-state index contributed by atoms with van der Waals surface area (Å²) in [4.78, 5) is 29.9. The molecule has 3 aromatic rings. The third-order valence-electron chi connectivity index (χ3n) is 7.34. The summed E-state index contributed by atoms with van der Waals surface area (Å²) in [5.74, 6) is -0.382. The molecule has 0 spiro atoms. The molecule has 47 heavy (non-hydrogen) atoms. The molecule has 0 unspecified atom stereocenters. The molecule has 1 radical (unpaired) electrons. The number of nitrogens with zero attached hydrogens (tertiary/aromatic N) is 1. The number of anilines is 1. The van der Waals surface area contributed by atoms with Gasteiger partial charge in [0.15, 0.2) is 11.5 Å². The van der Waals surface area contributed by atoms with Crippen molar-refractivity contribution in [1.29, 1.82) is 0 Å². The van der Waals surface area contributed by atoms with Crippen LogP contribution in [0.3, 0.4) is 0 Å². The molecule has 2 atom stereocenters. The number of para-hydroxylation sites is 1. The molecule has 14 heteroatoms. The Morgan fingerprint density at radius 2 is 1.79 bits per heavy atom. The van der Waals surface area contributed by atoms with E-state index in [1.165, 1.54) is 30.9 Å².